The second-order valence-corrected chi connectivity index (χ2v) is 3.74. The first-order valence-corrected chi connectivity index (χ1v) is 5.17. The van der Waals surface area contributed by atoms with E-state index in [-0.39, 0.29) is 0 Å². The third-order valence-corrected chi connectivity index (χ3v) is 2.77. The van der Waals surface area contributed by atoms with E-state index >= 15 is 0 Å². The Morgan fingerprint density at radius 1 is 1.36 bits per heavy atom. The van der Waals surface area contributed by atoms with Crippen LogP contribution in [0.2, 0.25) is 0 Å². The van der Waals surface area contributed by atoms with Crippen molar-refractivity contribution in [3.8, 4) is 0 Å². The number of nitrogens with two attached hydrogens (primary N) is 1. The van der Waals surface area contributed by atoms with Gasteiger partial charge in [0.15, 0.2) is 0 Å². The first kappa shape index (κ1) is 11.0. The summed E-state index contributed by atoms with van der Waals surface area (Å²) in [6, 6.07) is 8.36. The molecule has 1 nitrogen and oxygen atoms in total. The summed E-state index contributed by atoms with van der Waals surface area (Å²) < 4.78 is 0. The van der Waals surface area contributed by atoms with Crippen LogP contribution in [0.3, 0.4) is 0 Å². The molecule has 0 aliphatic carbocycles. The minimum atomic E-state index is 0.554. The van der Waals surface area contributed by atoms with Crippen LogP contribution in [0.15, 0.2) is 30.8 Å². The smallest absolute Gasteiger partial charge is 0.0178 e. The number of allylic oxidation sites excluding steroid dienone is 1. The van der Waals surface area contributed by atoms with Crippen molar-refractivity contribution in [3.63, 3.8) is 0 Å². The molecule has 0 aliphatic heterocycles. The van der Waals surface area contributed by atoms with Crippen molar-refractivity contribution >= 4 is 5.57 Å². The predicted molar refractivity (Wildman–Crippen MR) is 62.8 cm³/mol. The standard InChI is InChI=1S/C13H19N/c1-4-10(2)11(3)13-7-5-12(9-14)6-8-13/h5-8,10H,3-4,9,14H2,1-2H3. The Morgan fingerprint density at radius 2 is 1.93 bits per heavy atom. The topological polar surface area (TPSA) is 26.0 Å². The Balaban J connectivity index is 2.81. The molecule has 0 spiro atoms. The van der Waals surface area contributed by atoms with Gasteiger partial charge in [0.05, 0.1) is 0 Å². The second-order valence-electron chi connectivity index (χ2n) is 3.74. The zero-order valence-electron chi connectivity index (χ0n) is 9.09. The van der Waals surface area contributed by atoms with E-state index < -0.39 is 0 Å². The fourth-order valence-electron chi connectivity index (χ4n) is 1.39. The summed E-state index contributed by atoms with van der Waals surface area (Å²) in [6.45, 7) is 9.12. The molecule has 14 heavy (non-hydrogen) atoms. The quantitative estimate of drug-likeness (QED) is 0.773. The van der Waals surface area contributed by atoms with E-state index in [1.165, 1.54) is 16.7 Å². The van der Waals surface area contributed by atoms with E-state index in [1.807, 2.05) is 0 Å². The molecular weight excluding hydrogens is 170 g/mol. The molecule has 1 aromatic carbocycles. The highest BCUT2D eigenvalue weighted by Crippen LogP contribution is 2.23. The lowest BCUT2D eigenvalue weighted by molar-refractivity contribution is 0.719. The molecular formula is C13H19N. The average Bonchev–Trinajstić information content (AvgIpc) is 2.27. The summed E-state index contributed by atoms with van der Waals surface area (Å²) in [5.41, 5.74) is 9.16. The Labute approximate surface area is 86.6 Å². The van der Waals surface area contributed by atoms with Gasteiger partial charge in [0.1, 0.15) is 0 Å². The van der Waals surface area contributed by atoms with Gasteiger partial charge in [-0.3, -0.25) is 0 Å². The molecule has 0 aromatic heterocycles. The highest BCUT2D eigenvalue weighted by Gasteiger charge is 2.05. The molecule has 0 radical (unpaired) electrons. The van der Waals surface area contributed by atoms with Crippen LogP contribution in [0.1, 0.15) is 31.4 Å². The van der Waals surface area contributed by atoms with Crippen LogP contribution in [0.25, 0.3) is 5.57 Å². The summed E-state index contributed by atoms with van der Waals surface area (Å²) in [4.78, 5) is 0. The summed E-state index contributed by atoms with van der Waals surface area (Å²) in [5, 5.41) is 0. The lowest BCUT2D eigenvalue weighted by Crippen LogP contribution is -1.98. The monoisotopic (exact) mass is 189 g/mol. The van der Waals surface area contributed by atoms with Gasteiger partial charge in [0, 0.05) is 6.54 Å². The average molecular weight is 189 g/mol. The largest absolute Gasteiger partial charge is 0.326 e. The van der Waals surface area contributed by atoms with E-state index in [9.17, 15) is 0 Å². The van der Waals surface area contributed by atoms with Crippen LogP contribution in [-0.2, 0) is 6.54 Å². The lowest BCUT2D eigenvalue weighted by atomic mass is 9.93. The van der Waals surface area contributed by atoms with Crippen molar-refractivity contribution in [2.45, 2.75) is 26.8 Å². The summed E-state index contributed by atoms with van der Waals surface area (Å²) in [7, 11) is 0. The SMILES string of the molecule is C=C(c1ccc(CN)cc1)C(C)CC. The zero-order valence-corrected chi connectivity index (χ0v) is 9.09. The van der Waals surface area contributed by atoms with Gasteiger partial charge < -0.3 is 5.73 Å². The zero-order chi connectivity index (χ0) is 10.6. The van der Waals surface area contributed by atoms with Crippen LogP contribution < -0.4 is 5.73 Å². The molecule has 0 fully saturated rings. The lowest BCUT2D eigenvalue weighted by Gasteiger charge is -2.12. The van der Waals surface area contributed by atoms with Gasteiger partial charge >= 0.3 is 0 Å². The summed E-state index contributed by atoms with van der Waals surface area (Å²) in [5.74, 6) is 0.554. The fraction of sp³-hybridized carbons (Fsp3) is 0.385. The maximum absolute atomic E-state index is 5.54. The van der Waals surface area contributed by atoms with Crippen LogP contribution in [0.4, 0.5) is 0 Å². The molecule has 0 saturated carbocycles. The van der Waals surface area contributed by atoms with Crippen LogP contribution >= 0.6 is 0 Å². The molecule has 1 atom stereocenters. The normalized spacial score (nSPS) is 12.5. The van der Waals surface area contributed by atoms with Gasteiger partial charge in [-0.05, 0) is 29.0 Å². The van der Waals surface area contributed by atoms with Gasteiger partial charge in [-0.2, -0.15) is 0 Å². The number of hydrogen-bond donors (Lipinski definition) is 1. The maximum Gasteiger partial charge on any atom is 0.0178 e. The third-order valence-electron chi connectivity index (χ3n) is 2.77. The van der Waals surface area contributed by atoms with Gasteiger partial charge in [0.2, 0.25) is 0 Å². The molecule has 1 unspecified atom stereocenters. The van der Waals surface area contributed by atoms with Crippen molar-refractivity contribution in [3.05, 3.63) is 42.0 Å². The van der Waals surface area contributed by atoms with E-state index in [0.717, 1.165) is 6.42 Å². The Hall–Kier alpha value is -1.08. The Kier molecular flexibility index (Phi) is 3.90. The minimum absolute atomic E-state index is 0.554. The van der Waals surface area contributed by atoms with Crippen molar-refractivity contribution in [2.24, 2.45) is 11.7 Å². The highest BCUT2D eigenvalue weighted by molar-refractivity contribution is 5.65. The molecule has 0 bridgehead atoms. The van der Waals surface area contributed by atoms with Gasteiger partial charge in [0.25, 0.3) is 0 Å². The number of benzene rings is 1. The van der Waals surface area contributed by atoms with Gasteiger partial charge in [-0.25, -0.2) is 0 Å². The first-order chi connectivity index (χ1) is 6.69. The van der Waals surface area contributed by atoms with Crippen LogP contribution in [0, 0.1) is 5.92 Å². The first-order valence-electron chi connectivity index (χ1n) is 5.17. The van der Waals surface area contributed by atoms with Crippen molar-refractivity contribution < 1.29 is 0 Å². The van der Waals surface area contributed by atoms with Crippen LogP contribution in [-0.4, -0.2) is 0 Å². The van der Waals surface area contributed by atoms with Crippen molar-refractivity contribution in [1.82, 2.24) is 0 Å². The third kappa shape index (κ3) is 2.46. The predicted octanol–water partition coefficient (Wildman–Crippen LogP) is 3.20. The van der Waals surface area contributed by atoms with Crippen molar-refractivity contribution in [1.29, 1.82) is 0 Å². The molecule has 2 N–H and O–H groups in total. The van der Waals surface area contributed by atoms with Crippen molar-refractivity contribution in [2.75, 3.05) is 0 Å². The Bertz CT molecular complexity index is 298. The highest BCUT2D eigenvalue weighted by atomic mass is 14.5. The molecule has 76 valence electrons. The molecule has 1 rings (SSSR count). The summed E-state index contributed by atoms with van der Waals surface area (Å²) in [6.07, 6.45) is 1.14. The van der Waals surface area contributed by atoms with E-state index in [4.69, 9.17) is 5.73 Å². The molecule has 0 heterocycles. The van der Waals surface area contributed by atoms with E-state index in [2.05, 4.69) is 44.7 Å². The second kappa shape index (κ2) is 4.97. The number of hydrogen-bond acceptors (Lipinski definition) is 1. The van der Waals surface area contributed by atoms with E-state index in [0.29, 0.717) is 12.5 Å². The molecule has 0 aliphatic rings. The van der Waals surface area contributed by atoms with Gasteiger partial charge in [-0.15, -0.1) is 0 Å². The fourth-order valence-corrected chi connectivity index (χ4v) is 1.39. The molecule has 1 aromatic rings. The molecule has 0 amide bonds. The van der Waals surface area contributed by atoms with E-state index in [1.54, 1.807) is 0 Å². The van der Waals surface area contributed by atoms with Gasteiger partial charge in [-0.1, -0.05) is 44.7 Å². The number of rotatable bonds is 4. The minimum Gasteiger partial charge on any atom is -0.326 e. The summed E-state index contributed by atoms with van der Waals surface area (Å²) >= 11 is 0. The molecule has 0 saturated heterocycles. The maximum atomic E-state index is 5.54. The Morgan fingerprint density at radius 3 is 2.36 bits per heavy atom. The molecule has 1 heteroatoms. The van der Waals surface area contributed by atoms with Crippen LogP contribution in [0.5, 0.6) is 0 Å².